The fourth-order valence-corrected chi connectivity index (χ4v) is 0.0962. The maximum Gasteiger partial charge on any atom is 0.221 e. The number of hydrogen-bond donors (Lipinski definition) is 1. The first-order valence-electron chi connectivity index (χ1n) is 1.49. The Bertz CT molecular complexity index is 33.9. The number of rotatable bonds is 1. The zero-order chi connectivity index (χ0) is 4.12. The molecule has 0 amide bonds. The summed E-state index contributed by atoms with van der Waals surface area (Å²) in [6.07, 6.45) is 3.47. The molecule has 0 heterocycles. The van der Waals surface area contributed by atoms with E-state index in [2.05, 4.69) is 5.23 Å². The Labute approximate surface area is 33.5 Å². The molecule has 0 aromatic rings. The van der Waals surface area contributed by atoms with Crippen LogP contribution in [-0.4, -0.2) is 7.98 Å². The van der Waals surface area contributed by atoms with Crippen molar-refractivity contribution in [2.24, 2.45) is 0 Å². The van der Waals surface area contributed by atoms with Crippen LogP contribution in [-0.2, 0) is 0 Å². The Balaban J connectivity index is 2.62. The summed E-state index contributed by atoms with van der Waals surface area (Å²) in [7, 11) is 4.80. The normalized spacial score (nSPS) is 9.00. The molecule has 0 bridgehead atoms. The lowest BCUT2D eigenvalue weighted by atomic mass is 10.4. The van der Waals surface area contributed by atoms with E-state index in [4.69, 9.17) is 7.98 Å². The summed E-state index contributed by atoms with van der Waals surface area (Å²) in [6.45, 7) is 1.89. The van der Waals surface area contributed by atoms with Crippen LogP contribution in [0.25, 0.3) is 0 Å². The molecule has 1 N–H and O–H groups in total. The highest BCUT2D eigenvalue weighted by molar-refractivity contribution is 6.05. The van der Waals surface area contributed by atoms with Crippen LogP contribution in [0, 0.1) is 0 Å². The van der Waals surface area contributed by atoms with E-state index in [-0.39, 0.29) is 0 Å². The summed E-state index contributed by atoms with van der Waals surface area (Å²) < 4.78 is 0. The molecule has 0 saturated heterocycles. The van der Waals surface area contributed by atoms with E-state index >= 15 is 0 Å². The third-order valence-corrected chi connectivity index (χ3v) is 0.263. The summed E-state index contributed by atoms with van der Waals surface area (Å²) in [6, 6.07) is 0. The predicted molar refractivity (Wildman–Crippen MR) is 23.7 cm³/mol. The number of nitrogens with one attached hydrogen (secondary N) is 1. The molecule has 0 aromatic carbocycles. The highest BCUT2D eigenvalue weighted by Crippen LogP contribution is 1.52. The van der Waals surface area contributed by atoms with Crippen molar-refractivity contribution in [2.75, 3.05) is 0 Å². The lowest BCUT2D eigenvalue weighted by molar-refractivity contribution is 1.37. The Morgan fingerprint density at radius 1 is 1.80 bits per heavy atom. The second kappa shape index (κ2) is 3.60. The molecule has 0 atom stereocenters. The van der Waals surface area contributed by atoms with E-state index < -0.39 is 0 Å². The molecule has 26 valence electrons. The van der Waals surface area contributed by atoms with E-state index in [1.165, 1.54) is 0 Å². The van der Waals surface area contributed by atoms with Gasteiger partial charge in [-0.25, -0.2) is 0 Å². The van der Waals surface area contributed by atoms with Gasteiger partial charge in [0.25, 0.3) is 0 Å². The van der Waals surface area contributed by atoms with Gasteiger partial charge in [-0.3, -0.25) is 0 Å². The third kappa shape index (κ3) is 3.60. The first-order valence-corrected chi connectivity index (χ1v) is 1.49. The Hall–Kier alpha value is -0.395. The van der Waals surface area contributed by atoms with Gasteiger partial charge in [0.1, 0.15) is 0 Å². The highest BCUT2D eigenvalue weighted by atomic mass is 14.7. The fraction of sp³-hybridized carbons (Fsp3) is 0.333. The average Bonchev–Trinajstić information content (AvgIpc) is 1.41. The monoisotopic (exact) mass is 67.1 g/mol. The molecular formula is C3H6BN. The van der Waals surface area contributed by atoms with Crippen molar-refractivity contribution in [3.05, 3.63) is 12.3 Å². The quantitative estimate of drug-likeness (QED) is 0.431. The zero-order valence-electron chi connectivity index (χ0n) is 3.23. The molecule has 0 aliphatic heterocycles. The minimum Gasteiger partial charge on any atom is -0.443 e. The average molecular weight is 66.9 g/mol. The molecule has 0 fully saturated rings. The van der Waals surface area contributed by atoms with E-state index in [9.17, 15) is 0 Å². The lowest BCUT2D eigenvalue weighted by Crippen LogP contribution is -1.92. The molecule has 0 aromatic heterocycles. The van der Waals surface area contributed by atoms with Crippen molar-refractivity contribution in [1.29, 1.82) is 0 Å². The van der Waals surface area contributed by atoms with Crippen LogP contribution in [0.4, 0.5) is 0 Å². The highest BCUT2D eigenvalue weighted by Gasteiger charge is 1.46. The molecule has 0 saturated carbocycles. The summed E-state index contributed by atoms with van der Waals surface area (Å²) in [4.78, 5) is 0. The molecule has 2 heteroatoms. The van der Waals surface area contributed by atoms with Crippen LogP contribution in [0.3, 0.4) is 0 Å². The minimum absolute atomic E-state index is 1.65. The van der Waals surface area contributed by atoms with Gasteiger partial charge in [-0.1, -0.05) is 6.08 Å². The molecule has 0 aliphatic carbocycles. The molecule has 0 rings (SSSR count). The topological polar surface area (TPSA) is 12.0 Å². The second-order valence-electron chi connectivity index (χ2n) is 0.667. The maximum absolute atomic E-state index is 4.80. The van der Waals surface area contributed by atoms with Gasteiger partial charge in [-0.15, -0.1) is 0 Å². The summed E-state index contributed by atoms with van der Waals surface area (Å²) in [5.74, 6) is 0. The van der Waals surface area contributed by atoms with Crippen LogP contribution in [0.1, 0.15) is 6.92 Å². The maximum atomic E-state index is 4.80. The van der Waals surface area contributed by atoms with Crippen LogP contribution in [0.5, 0.6) is 0 Å². The van der Waals surface area contributed by atoms with Gasteiger partial charge in [0.15, 0.2) is 0 Å². The van der Waals surface area contributed by atoms with Crippen molar-refractivity contribution in [3.8, 4) is 0 Å². The third-order valence-electron chi connectivity index (χ3n) is 0.263. The van der Waals surface area contributed by atoms with Crippen molar-refractivity contribution >= 4 is 7.98 Å². The Morgan fingerprint density at radius 3 is 2.40 bits per heavy atom. The van der Waals surface area contributed by atoms with Gasteiger partial charge in [0.2, 0.25) is 7.98 Å². The van der Waals surface area contributed by atoms with E-state index in [0.29, 0.717) is 0 Å². The fourth-order valence-electron chi connectivity index (χ4n) is 0.0962. The Morgan fingerprint density at radius 2 is 2.40 bits per heavy atom. The van der Waals surface area contributed by atoms with Crippen LogP contribution in [0.2, 0.25) is 0 Å². The lowest BCUT2D eigenvalue weighted by Gasteiger charge is -1.74. The number of hydrogen-bond acceptors (Lipinski definition) is 1. The van der Waals surface area contributed by atoms with Crippen LogP contribution in [0.15, 0.2) is 12.3 Å². The summed E-state index contributed by atoms with van der Waals surface area (Å²) in [5, 5.41) is 2.34. The minimum atomic E-state index is 1.65. The molecule has 5 heavy (non-hydrogen) atoms. The first kappa shape index (κ1) is 4.60. The van der Waals surface area contributed by atoms with Gasteiger partial charge < -0.3 is 5.23 Å². The largest absolute Gasteiger partial charge is 0.443 e. The standard InChI is InChI=1S/C3H6BN/c1-2-3-5-4/h2-3,5H,1H3. The van der Waals surface area contributed by atoms with Gasteiger partial charge >= 0.3 is 0 Å². The molecule has 0 aliphatic rings. The van der Waals surface area contributed by atoms with E-state index in [1.807, 2.05) is 13.0 Å². The predicted octanol–water partition coefficient (Wildman–Crippen LogP) is 0.193. The van der Waals surface area contributed by atoms with E-state index in [0.717, 1.165) is 0 Å². The van der Waals surface area contributed by atoms with Crippen molar-refractivity contribution in [1.82, 2.24) is 5.23 Å². The van der Waals surface area contributed by atoms with Crippen LogP contribution < -0.4 is 5.23 Å². The smallest absolute Gasteiger partial charge is 0.221 e. The summed E-state index contributed by atoms with van der Waals surface area (Å²) in [5.41, 5.74) is 0. The second-order valence-corrected chi connectivity index (χ2v) is 0.667. The SMILES string of the molecule is [B]NC=CC. The van der Waals surface area contributed by atoms with Crippen molar-refractivity contribution < 1.29 is 0 Å². The van der Waals surface area contributed by atoms with Gasteiger partial charge in [0.05, 0.1) is 0 Å². The van der Waals surface area contributed by atoms with Gasteiger partial charge in [0, 0.05) is 0 Å². The molecular weight excluding hydrogens is 60.9 g/mol. The molecule has 1 nitrogen and oxygen atoms in total. The van der Waals surface area contributed by atoms with Gasteiger partial charge in [-0.05, 0) is 13.1 Å². The Kier molecular flexibility index (Phi) is 3.32. The van der Waals surface area contributed by atoms with E-state index in [1.54, 1.807) is 6.20 Å². The van der Waals surface area contributed by atoms with Crippen molar-refractivity contribution in [2.45, 2.75) is 6.92 Å². The molecule has 0 unspecified atom stereocenters. The molecule has 2 radical (unpaired) electrons. The number of allylic oxidation sites excluding steroid dienone is 1. The summed E-state index contributed by atoms with van der Waals surface area (Å²) >= 11 is 0. The first-order chi connectivity index (χ1) is 2.41. The van der Waals surface area contributed by atoms with Crippen LogP contribution >= 0.6 is 0 Å². The van der Waals surface area contributed by atoms with Crippen molar-refractivity contribution in [3.63, 3.8) is 0 Å². The zero-order valence-corrected chi connectivity index (χ0v) is 3.23. The molecule has 0 spiro atoms. The van der Waals surface area contributed by atoms with Gasteiger partial charge in [-0.2, -0.15) is 0 Å².